The van der Waals surface area contributed by atoms with E-state index in [4.69, 9.17) is 19.0 Å². The summed E-state index contributed by atoms with van der Waals surface area (Å²) in [5.74, 6) is -2.46. The number of aromatic hydroxyl groups is 1. The maximum absolute atomic E-state index is 15.0. The molecule has 2 amide bonds. The number of rotatable bonds is 13. The number of ether oxygens (including phenoxy) is 3. The van der Waals surface area contributed by atoms with Crippen molar-refractivity contribution in [2.24, 2.45) is 5.41 Å². The number of hydroxylamine groups is 2. The minimum absolute atomic E-state index is 0.0726. The van der Waals surface area contributed by atoms with E-state index in [-0.39, 0.29) is 44.3 Å². The summed E-state index contributed by atoms with van der Waals surface area (Å²) in [6.45, 7) is 0.172. The number of aliphatic hydroxyl groups excluding tert-OH is 1. The van der Waals surface area contributed by atoms with Gasteiger partial charge in [-0.05, 0) is 46.9 Å². The monoisotopic (exact) mass is 807 g/mol. The van der Waals surface area contributed by atoms with Gasteiger partial charge in [0.1, 0.15) is 35.6 Å². The second-order valence-electron chi connectivity index (χ2n) is 15.6. The molecule has 9 rings (SSSR count). The Bertz CT molecular complexity index is 2350. The van der Waals surface area contributed by atoms with Crippen LogP contribution in [0.4, 0.5) is 0 Å². The van der Waals surface area contributed by atoms with Crippen LogP contribution < -0.4 is 10.6 Å². The van der Waals surface area contributed by atoms with Gasteiger partial charge in [-0.1, -0.05) is 127 Å². The van der Waals surface area contributed by atoms with Crippen LogP contribution in [0.1, 0.15) is 50.2 Å². The second kappa shape index (κ2) is 16.5. The zero-order valence-electron chi connectivity index (χ0n) is 32.7. The summed E-state index contributed by atoms with van der Waals surface area (Å²) in [5, 5.41) is 26.6. The van der Waals surface area contributed by atoms with Gasteiger partial charge in [0.25, 0.3) is 5.91 Å². The second-order valence-corrected chi connectivity index (χ2v) is 15.6. The van der Waals surface area contributed by atoms with Gasteiger partial charge in [-0.3, -0.25) is 19.2 Å². The quantitative estimate of drug-likeness (QED) is 0.117. The number of carbonyl (C=O) groups excluding carboxylic acids is 3. The van der Waals surface area contributed by atoms with E-state index >= 15 is 0 Å². The Morgan fingerprint density at radius 3 is 2.22 bits per heavy atom. The number of hydrogen-bond donors (Lipinski definition) is 4. The average Bonchev–Trinajstić information content (AvgIpc) is 3.86. The van der Waals surface area contributed by atoms with Crippen LogP contribution in [-0.4, -0.2) is 76.7 Å². The van der Waals surface area contributed by atoms with Crippen LogP contribution in [0.3, 0.4) is 0 Å². The van der Waals surface area contributed by atoms with Crippen LogP contribution in [0, 0.1) is 5.41 Å². The van der Waals surface area contributed by atoms with Gasteiger partial charge in [0.15, 0.2) is 6.04 Å². The van der Waals surface area contributed by atoms with E-state index < -0.39 is 53.5 Å². The number of nitrogens with one attached hydrogen (secondary N) is 2. The van der Waals surface area contributed by atoms with E-state index in [1.807, 2.05) is 109 Å². The first-order valence-corrected chi connectivity index (χ1v) is 20.2. The van der Waals surface area contributed by atoms with E-state index in [9.17, 15) is 24.6 Å². The molecule has 3 heterocycles. The van der Waals surface area contributed by atoms with Gasteiger partial charge in [-0.2, -0.15) is 5.06 Å². The SMILES string of the molecule is O=C(NCCO)c1cccc(CNC(=O)[C@@]23C[C@H]4OC(=O)[C@@H]2N(Cc2ccc(C=CCc5ccccc5O)cc2)O[C@@H]3[C@H]2OC(c3ccccc3)(c3ccccc3)O[C@H]24)c1. The molecule has 60 heavy (non-hydrogen) atoms. The van der Waals surface area contributed by atoms with Crippen molar-refractivity contribution >= 4 is 23.9 Å². The molecule has 4 aliphatic rings. The Hall–Kier alpha value is -6.15. The number of phenols is 1. The molecule has 0 radical (unpaired) electrons. The van der Waals surface area contributed by atoms with Crippen molar-refractivity contribution in [3.63, 3.8) is 0 Å². The van der Waals surface area contributed by atoms with Crippen molar-refractivity contribution in [3.05, 3.63) is 178 Å². The first-order chi connectivity index (χ1) is 29.3. The van der Waals surface area contributed by atoms with Gasteiger partial charge in [-0.15, -0.1) is 0 Å². The molecule has 0 aromatic heterocycles. The number of carbonyl (C=O) groups is 3. The highest BCUT2D eigenvalue weighted by molar-refractivity contribution is 5.95. The van der Waals surface area contributed by atoms with Crippen LogP contribution in [-0.2, 0) is 53.9 Å². The molecule has 0 spiro atoms. The lowest BCUT2D eigenvalue weighted by Crippen LogP contribution is -2.69. The molecule has 306 valence electrons. The van der Waals surface area contributed by atoms with E-state index in [0.717, 1.165) is 27.8 Å². The molecule has 4 N–H and O–H groups in total. The molecule has 2 bridgehead atoms. The predicted molar refractivity (Wildman–Crippen MR) is 220 cm³/mol. The Labute approximate surface area is 347 Å². The van der Waals surface area contributed by atoms with Gasteiger partial charge in [0.05, 0.1) is 13.2 Å². The first kappa shape index (κ1) is 39.3. The molecule has 12 heteroatoms. The van der Waals surface area contributed by atoms with Crippen molar-refractivity contribution in [1.82, 2.24) is 15.7 Å². The largest absolute Gasteiger partial charge is 0.508 e. The van der Waals surface area contributed by atoms with Gasteiger partial charge in [0, 0.05) is 36.2 Å². The predicted octanol–water partition coefficient (Wildman–Crippen LogP) is 5.17. The van der Waals surface area contributed by atoms with Crippen molar-refractivity contribution < 1.29 is 43.6 Å². The molecule has 5 aromatic carbocycles. The maximum Gasteiger partial charge on any atom is 0.327 e. The van der Waals surface area contributed by atoms with Gasteiger partial charge in [0.2, 0.25) is 11.7 Å². The fraction of sp³-hybridized carbons (Fsp3) is 0.271. The number of fused-ring (bicyclic) bond motifs is 4. The van der Waals surface area contributed by atoms with Crippen molar-refractivity contribution in [1.29, 1.82) is 0 Å². The highest BCUT2D eigenvalue weighted by atomic mass is 16.8. The maximum atomic E-state index is 15.0. The third kappa shape index (κ3) is 7.16. The number of phenolic OH excluding ortho intramolecular Hbond substituents is 1. The molecule has 3 aliphatic heterocycles. The van der Waals surface area contributed by atoms with Crippen LogP contribution in [0.2, 0.25) is 0 Å². The Morgan fingerprint density at radius 2 is 1.50 bits per heavy atom. The summed E-state index contributed by atoms with van der Waals surface area (Å²) in [5.41, 5.74) is 3.74. The van der Waals surface area contributed by atoms with Crippen LogP contribution in [0.25, 0.3) is 6.08 Å². The smallest absolute Gasteiger partial charge is 0.327 e. The summed E-state index contributed by atoms with van der Waals surface area (Å²) in [4.78, 5) is 48.8. The third-order valence-corrected chi connectivity index (χ3v) is 11.9. The number of esters is 1. The summed E-state index contributed by atoms with van der Waals surface area (Å²) >= 11 is 0. The summed E-state index contributed by atoms with van der Waals surface area (Å²) in [7, 11) is 0. The molecule has 6 atom stereocenters. The van der Waals surface area contributed by atoms with Crippen LogP contribution in [0.15, 0.2) is 140 Å². The number of allylic oxidation sites excluding steroid dienone is 1. The fourth-order valence-electron chi connectivity index (χ4n) is 9.05. The summed E-state index contributed by atoms with van der Waals surface area (Å²) < 4.78 is 20.3. The topological polar surface area (TPSA) is 156 Å². The number of amides is 2. The molecule has 1 aliphatic carbocycles. The zero-order chi connectivity index (χ0) is 41.3. The number of aliphatic hydroxyl groups is 1. The fourth-order valence-corrected chi connectivity index (χ4v) is 9.05. The molecule has 12 nitrogen and oxygen atoms in total. The number of hydrogen-bond acceptors (Lipinski definition) is 10. The molecule has 5 aromatic rings. The zero-order valence-corrected chi connectivity index (χ0v) is 32.7. The first-order valence-electron chi connectivity index (χ1n) is 20.2. The van der Waals surface area contributed by atoms with E-state index in [2.05, 4.69) is 10.6 Å². The van der Waals surface area contributed by atoms with Gasteiger partial charge >= 0.3 is 5.97 Å². The number of benzene rings is 5. The molecule has 4 fully saturated rings. The number of para-hydroxylation sites is 1. The normalized spacial score (nSPS) is 25.1. The van der Waals surface area contributed by atoms with Gasteiger partial charge in [-0.25, -0.2) is 0 Å². The number of nitrogens with zero attached hydrogens (tertiary/aromatic N) is 1. The lowest BCUT2D eigenvalue weighted by Gasteiger charge is -2.48. The van der Waals surface area contributed by atoms with Crippen LogP contribution in [0.5, 0.6) is 5.75 Å². The van der Waals surface area contributed by atoms with Crippen molar-refractivity contribution in [3.8, 4) is 5.75 Å². The average molecular weight is 808 g/mol. The molecule has 0 unspecified atom stereocenters. The Balaban J connectivity index is 1.03. The highest BCUT2D eigenvalue weighted by Gasteiger charge is 2.76. The highest BCUT2D eigenvalue weighted by Crippen LogP contribution is 2.59. The molecule has 3 saturated heterocycles. The third-order valence-electron chi connectivity index (χ3n) is 11.9. The molecule has 1 saturated carbocycles. The Kier molecular flexibility index (Phi) is 10.8. The summed E-state index contributed by atoms with van der Waals surface area (Å²) in [6, 6.07) is 40.0. The summed E-state index contributed by atoms with van der Waals surface area (Å²) in [6.07, 6.45) is 1.31. The molecular weight excluding hydrogens is 763 g/mol. The van der Waals surface area contributed by atoms with E-state index in [1.54, 1.807) is 41.5 Å². The Morgan fingerprint density at radius 1 is 0.800 bits per heavy atom. The minimum Gasteiger partial charge on any atom is -0.508 e. The van der Waals surface area contributed by atoms with Gasteiger partial charge < -0.3 is 35.1 Å². The minimum atomic E-state index is -1.43. The lowest BCUT2D eigenvalue weighted by atomic mass is 9.62. The standard InChI is InChI=1S/C48H45N3O9/c52-26-25-49-44(54)35-15-10-12-33(27-35)29-50-46(56)47-28-39-40-41(59-48(58-40,36-16-3-1-4-17-36)37-18-5-2-6-19-37)43(47)60-51(42(47)45(55)57-39)30-32-23-21-31(22-24-32)11-9-14-34-13-7-8-20-38(34)53/h1-13,15-24,27,39-43,52-53H,14,25-26,28-30H2,(H,49,54)(H,50,56)/t39-,40+,41+,42+,43-,47+/m1/s1. The van der Waals surface area contributed by atoms with Crippen LogP contribution >= 0.6 is 0 Å². The van der Waals surface area contributed by atoms with Crippen molar-refractivity contribution in [2.45, 2.75) is 62.2 Å². The van der Waals surface area contributed by atoms with Crippen molar-refractivity contribution in [2.75, 3.05) is 13.2 Å². The van der Waals surface area contributed by atoms with E-state index in [1.165, 1.54) is 0 Å². The lowest BCUT2D eigenvalue weighted by molar-refractivity contribution is -0.213. The van der Waals surface area contributed by atoms with E-state index in [0.29, 0.717) is 17.5 Å². The molecular formula is C48H45N3O9.